The molecule has 2 aromatic rings. The third-order valence-corrected chi connectivity index (χ3v) is 6.84. The predicted molar refractivity (Wildman–Crippen MR) is 105 cm³/mol. The maximum absolute atomic E-state index is 12.3. The Kier molecular flexibility index (Phi) is 4.12. The number of hydrogen-bond donors (Lipinski definition) is 1. The van der Waals surface area contributed by atoms with E-state index >= 15 is 0 Å². The molecule has 1 aromatic carbocycles. The molecule has 1 aromatic heterocycles. The Morgan fingerprint density at radius 3 is 2.96 bits per heavy atom. The Bertz CT molecular complexity index is 963. The molecule has 1 fully saturated rings. The zero-order valence-corrected chi connectivity index (χ0v) is 16.5. The smallest absolute Gasteiger partial charge is 0.337 e. The number of methoxy groups -OCH3 is 2. The van der Waals surface area contributed by atoms with Crippen LogP contribution in [0.5, 0.6) is 5.75 Å². The standard InChI is InChI=1S/C22H26N2O4/c1-12-17-10-24-7-6-15-14-5-4-13(26-2)8-19(14)23-21(15)20(24)9-16(17)18(11-28-12)22(25)27-3/h4-5,8,11-12,16-17,20,23H,6-7,9-10H2,1-3H3/t12-,16-,17?,20-/m1/s1. The van der Waals surface area contributed by atoms with Crippen LogP contribution in [0.3, 0.4) is 0 Å². The van der Waals surface area contributed by atoms with Gasteiger partial charge in [0.25, 0.3) is 0 Å². The summed E-state index contributed by atoms with van der Waals surface area (Å²) < 4.78 is 16.2. The van der Waals surface area contributed by atoms with Crippen LogP contribution in [0, 0.1) is 11.8 Å². The summed E-state index contributed by atoms with van der Waals surface area (Å²) in [5.74, 6) is 1.05. The van der Waals surface area contributed by atoms with Gasteiger partial charge in [0, 0.05) is 47.6 Å². The molecule has 0 aliphatic carbocycles. The highest BCUT2D eigenvalue weighted by atomic mass is 16.5. The number of nitrogens with one attached hydrogen (secondary N) is 1. The summed E-state index contributed by atoms with van der Waals surface area (Å²) in [4.78, 5) is 18.6. The maximum atomic E-state index is 12.3. The van der Waals surface area contributed by atoms with Crippen molar-refractivity contribution in [1.82, 2.24) is 9.88 Å². The molecule has 0 amide bonds. The quantitative estimate of drug-likeness (QED) is 0.809. The first-order chi connectivity index (χ1) is 13.6. The van der Waals surface area contributed by atoms with Gasteiger partial charge in [0.15, 0.2) is 0 Å². The van der Waals surface area contributed by atoms with Gasteiger partial charge in [0.05, 0.1) is 38.2 Å². The highest BCUT2D eigenvalue weighted by Gasteiger charge is 2.46. The van der Waals surface area contributed by atoms with Crippen LogP contribution in [0.15, 0.2) is 30.0 Å². The molecule has 1 unspecified atom stereocenters. The zero-order valence-electron chi connectivity index (χ0n) is 16.5. The van der Waals surface area contributed by atoms with E-state index < -0.39 is 0 Å². The van der Waals surface area contributed by atoms with Gasteiger partial charge in [-0.3, -0.25) is 4.90 Å². The summed E-state index contributed by atoms with van der Waals surface area (Å²) >= 11 is 0. The lowest BCUT2D eigenvalue weighted by Gasteiger charge is -2.49. The fourth-order valence-corrected chi connectivity index (χ4v) is 5.35. The molecule has 6 nitrogen and oxygen atoms in total. The molecule has 0 spiro atoms. The minimum Gasteiger partial charge on any atom is -0.497 e. The van der Waals surface area contributed by atoms with Crippen molar-refractivity contribution in [2.75, 3.05) is 27.3 Å². The zero-order chi connectivity index (χ0) is 19.4. The number of fused-ring (bicyclic) bond motifs is 6. The van der Waals surface area contributed by atoms with Gasteiger partial charge in [-0.2, -0.15) is 0 Å². The Morgan fingerprint density at radius 1 is 1.32 bits per heavy atom. The summed E-state index contributed by atoms with van der Waals surface area (Å²) in [6, 6.07) is 6.53. The first-order valence-electron chi connectivity index (χ1n) is 9.97. The van der Waals surface area contributed by atoms with Crippen molar-refractivity contribution in [3.8, 4) is 5.75 Å². The van der Waals surface area contributed by atoms with E-state index in [1.807, 2.05) is 6.07 Å². The van der Waals surface area contributed by atoms with Gasteiger partial charge in [-0.05, 0) is 37.5 Å². The number of rotatable bonds is 2. The number of aromatic nitrogens is 1. The molecule has 1 N–H and O–H groups in total. The monoisotopic (exact) mass is 382 g/mol. The van der Waals surface area contributed by atoms with Crippen LogP contribution in [0.25, 0.3) is 10.9 Å². The first kappa shape index (κ1) is 17.6. The number of piperidine rings is 1. The molecule has 1 saturated heterocycles. The second kappa shape index (κ2) is 6.55. The summed E-state index contributed by atoms with van der Waals surface area (Å²) in [6.45, 7) is 4.07. The average molecular weight is 382 g/mol. The first-order valence-corrected chi connectivity index (χ1v) is 9.97. The van der Waals surface area contributed by atoms with Gasteiger partial charge in [-0.1, -0.05) is 0 Å². The number of carbonyl (C=O) groups is 1. The van der Waals surface area contributed by atoms with Gasteiger partial charge >= 0.3 is 5.97 Å². The highest BCUT2D eigenvalue weighted by Crippen LogP contribution is 2.47. The van der Waals surface area contributed by atoms with Gasteiger partial charge in [-0.15, -0.1) is 0 Å². The normalized spacial score (nSPS) is 29.2. The Hall–Kier alpha value is -2.47. The van der Waals surface area contributed by atoms with Gasteiger partial charge < -0.3 is 19.2 Å². The largest absolute Gasteiger partial charge is 0.497 e. The molecule has 3 aliphatic heterocycles. The summed E-state index contributed by atoms with van der Waals surface area (Å²) in [5, 5.41) is 1.28. The van der Waals surface area contributed by atoms with Crippen molar-refractivity contribution in [3.63, 3.8) is 0 Å². The van der Waals surface area contributed by atoms with Gasteiger partial charge in [-0.25, -0.2) is 4.79 Å². The number of nitrogens with zero attached hydrogens (tertiary/aromatic N) is 1. The van der Waals surface area contributed by atoms with Crippen molar-refractivity contribution in [2.45, 2.75) is 31.9 Å². The summed E-state index contributed by atoms with van der Waals surface area (Å²) in [7, 11) is 3.13. The van der Waals surface area contributed by atoms with Crippen LogP contribution in [0.2, 0.25) is 0 Å². The fourth-order valence-electron chi connectivity index (χ4n) is 5.35. The van der Waals surface area contributed by atoms with Crippen molar-refractivity contribution in [2.24, 2.45) is 11.8 Å². The lowest BCUT2D eigenvalue weighted by atomic mass is 9.72. The predicted octanol–water partition coefficient (Wildman–Crippen LogP) is 3.19. The van der Waals surface area contributed by atoms with Crippen LogP contribution in [-0.2, 0) is 20.7 Å². The minimum absolute atomic E-state index is 0.104. The second-order valence-corrected chi connectivity index (χ2v) is 8.10. The SMILES string of the molecule is COC(=O)C1=CO[C@H](C)C2CN3CCc4c([nH]c5cc(OC)ccc45)[C@H]3C[C@@H]12. The molecule has 4 atom stereocenters. The molecule has 0 saturated carbocycles. The molecule has 0 bridgehead atoms. The van der Waals surface area contributed by atoms with Crippen LogP contribution in [0.1, 0.15) is 30.6 Å². The van der Waals surface area contributed by atoms with E-state index in [2.05, 4.69) is 28.9 Å². The van der Waals surface area contributed by atoms with Gasteiger partial charge in [0.2, 0.25) is 0 Å². The summed E-state index contributed by atoms with van der Waals surface area (Å²) in [6.07, 6.45) is 3.67. The highest BCUT2D eigenvalue weighted by molar-refractivity contribution is 5.89. The Balaban J connectivity index is 1.54. The third kappa shape index (κ3) is 2.54. The van der Waals surface area contributed by atoms with Crippen molar-refractivity contribution in [1.29, 1.82) is 0 Å². The third-order valence-electron chi connectivity index (χ3n) is 6.84. The van der Waals surface area contributed by atoms with E-state index in [4.69, 9.17) is 14.2 Å². The molecular formula is C22H26N2O4. The molecule has 28 heavy (non-hydrogen) atoms. The van der Waals surface area contributed by atoms with Crippen LogP contribution in [0.4, 0.5) is 0 Å². The molecule has 148 valence electrons. The van der Waals surface area contributed by atoms with E-state index in [9.17, 15) is 4.79 Å². The minimum atomic E-state index is -0.271. The van der Waals surface area contributed by atoms with Crippen LogP contribution < -0.4 is 4.74 Å². The number of hydrogen-bond acceptors (Lipinski definition) is 5. The molecule has 0 radical (unpaired) electrons. The number of ether oxygens (including phenoxy) is 3. The molecule has 5 rings (SSSR count). The number of carbonyl (C=O) groups excluding carboxylic acids is 1. The van der Waals surface area contributed by atoms with E-state index in [0.717, 1.165) is 37.2 Å². The number of H-pyrrole nitrogens is 1. The van der Waals surface area contributed by atoms with E-state index in [-0.39, 0.29) is 24.0 Å². The maximum Gasteiger partial charge on any atom is 0.337 e. The number of aromatic amines is 1. The molecular weight excluding hydrogens is 356 g/mol. The number of esters is 1. The van der Waals surface area contributed by atoms with Gasteiger partial charge in [0.1, 0.15) is 5.75 Å². The summed E-state index contributed by atoms with van der Waals surface area (Å²) in [5.41, 5.74) is 4.49. The molecule has 6 heteroatoms. The topological polar surface area (TPSA) is 63.8 Å². The lowest BCUT2D eigenvalue weighted by Crippen LogP contribution is -2.51. The second-order valence-electron chi connectivity index (χ2n) is 8.10. The van der Waals surface area contributed by atoms with Crippen LogP contribution in [-0.4, -0.2) is 49.3 Å². The molecule has 4 heterocycles. The fraction of sp³-hybridized carbons (Fsp3) is 0.500. The van der Waals surface area contributed by atoms with Crippen molar-refractivity contribution >= 4 is 16.9 Å². The molecule has 3 aliphatic rings. The lowest BCUT2D eigenvalue weighted by molar-refractivity contribution is -0.139. The van der Waals surface area contributed by atoms with Crippen molar-refractivity contribution in [3.05, 3.63) is 41.3 Å². The Morgan fingerprint density at radius 2 is 2.18 bits per heavy atom. The Labute approximate surface area is 164 Å². The van der Waals surface area contributed by atoms with E-state index in [1.54, 1.807) is 13.4 Å². The van der Waals surface area contributed by atoms with Crippen LogP contribution >= 0.6 is 0 Å². The van der Waals surface area contributed by atoms with E-state index in [0.29, 0.717) is 11.5 Å². The van der Waals surface area contributed by atoms with E-state index in [1.165, 1.54) is 23.8 Å². The number of benzene rings is 1. The average Bonchev–Trinajstić information content (AvgIpc) is 3.10. The van der Waals surface area contributed by atoms with Crippen molar-refractivity contribution < 1.29 is 19.0 Å².